The van der Waals surface area contributed by atoms with Gasteiger partial charge in [-0.15, -0.1) is 0 Å². The third-order valence-corrected chi connectivity index (χ3v) is 3.76. The summed E-state index contributed by atoms with van der Waals surface area (Å²) in [5, 5.41) is 7.82. The number of nitrogens with one attached hydrogen (secondary N) is 1. The molecule has 0 spiro atoms. The predicted molar refractivity (Wildman–Crippen MR) is 93.7 cm³/mol. The van der Waals surface area contributed by atoms with Crippen LogP contribution >= 0.6 is 0 Å². The van der Waals surface area contributed by atoms with Crippen LogP contribution in [0.15, 0.2) is 60.9 Å². The average Bonchev–Trinajstić information content (AvgIpc) is 3.11. The van der Waals surface area contributed by atoms with Crippen molar-refractivity contribution in [2.75, 3.05) is 14.2 Å². The van der Waals surface area contributed by atoms with Gasteiger partial charge in [0.1, 0.15) is 0 Å². The number of rotatable bonds is 7. The van der Waals surface area contributed by atoms with E-state index in [0.29, 0.717) is 0 Å². The predicted octanol–water partition coefficient (Wildman–Crippen LogP) is 3.18. The lowest BCUT2D eigenvalue weighted by Crippen LogP contribution is -2.12. The summed E-state index contributed by atoms with van der Waals surface area (Å²) in [5.74, 6) is 1.49. The third kappa shape index (κ3) is 3.75. The van der Waals surface area contributed by atoms with E-state index in [9.17, 15) is 0 Å². The fraction of sp³-hybridized carbons (Fsp3) is 0.211. The molecule has 124 valence electrons. The molecule has 5 heteroatoms. The quantitative estimate of drug-likeness (QED) is 0.725. The SMILES string of the molecule is COc1ccc(CNCc2cnn(-c3ccccc3)c2)cc1OC. The summed E-state index contributed by atoms with van der Waals surface area (Å²) >= 11 is 0. The van der Waals surface area contributed by atoms with Gasteiger partial charge >= 0.3 is 0 Å². The number of aromatic nitrogens is 2. The number of para-hydroxylation sites is 1. The highest BCUT2D eigenvalue weighted by atomic mass is 16.5. The molecule has 1 N–H and O–H groups in total. The highest BCUT2D eigenvalue weighted by molar-refractivity contribution is 5.42. The van der Waals surface area contributed by atoms with Crippen LogP contribution in [0.2, 0.25) is 0 Å². The van der Waals surface area contributed by atoms with Gasteiger partial charge in [0.15, 0.2) is 11.5 Å². The van der Waals surface area contributed by atoms with Gasteiger partial charge in [-0.3, -0.25) is 0 Å². The van der Waals surface area contributed by atoms with E-state index in [-0.39, 0.29) is 0 Å². The second-order valence-corrected chi connectivity index (χ2v) is 5.42. The van der Waals surface area contributed by atoms with Crippen molar-refractivity contribution in [2.24, 2.45) is 0 Å². The van der Waals surface area contributed by atoms with E-state index in [2.05, 4.69) is 10.4 Å². The molecule has 0 saturated carbocycles. The molecule has 0 aliphatic carbocycles. The molecule has 3 aromatic rings. The van der Waals surface area contributed by atoms with Gasteiger partial charge in [0.25, 0.3) is 0 Å². The van der Waals surface area contributed by atoms with Crippen LogP contribution in [-0.2, 0) is 13.1 Å². The van der Waals surface area contributed by atoms with E-state index >= 15 is 0 Å². The van der Waals surface area contributed by atoms with Crippen molar-refractivity contribution >= 4 is 0 Å². The highest BCUT2D eigenvalue weighted by Crippen LogP contribution is 2.27. The number of benzene rings is 2. The molecule has 24 heavy (non-hydrogen) atoms. The first-order valence-electron chi connectivity index (χ1n) is 7.81. The Labute approximate surface area is 141 Å². The summed E-state index contributed by atoms with van der Waals surface area (Å²) in [6.07, 6.45) is 3.92. The molecule has 0 unspecified atom stereocenters. The zero-order chi connectivity index (χ0) is 16.8. The van der Waals surface area contributed by atoms with E-state index in [0.717, 1.165) is 41.4 Å². The average molecular weight is 323 g/mol. The number of nitrogens with zero attached hydrogens (tertiary/aromatic N) is 2. The number of methoxy groups -OCH3 is 2. The molecule has 5 nitrogen and oxygen atoms in total. The van der Waals surface area contributed by atoms with Gasteiger partial charge < -0.3 is 14.8 Å². The fourth-order valence-corrected chi connectivity index (χ4v) is 2.52. The topological polar surface area (TPSA) is 48.3 Å². The molecule has 0 radical (unpaired) electrons. The Bertz CT molecular complexity index is 784. The highest BCUT2D eigenvalue weighted by Gasteiger charge is 2.05. The maximum atomic E-state index is 5.33. The molecule has 0 saturated heterocycles. The third-order valence-electron chi connectivity index (χ3n) is 3.76. The zero-order valence-corrected chi connectivity index (χ0v) is 13.9. The van der Waals surface area contributed by atoms with E-state index in [1.807, 2.05) is 65.6 Å². The van der Waals surface area contributed by atoms with Gasteiger partial charge in [-0.2, -0.15) is 5.10 Å². The van der Waals surface area contributed by atoms with Crippen molar-refractivity contribution in [3.8, 4) is 17.2 Å². The molecule has 2 aromatic carbocycles. The van der Waals surface area contributed by atoms with Crippen LogP contribution in [0.1, 0.15) is 11.1 Å². The van der Waals surface area contributed by atoms with Crippen LogP contribution in [0.4, 0.5) is 0 Å². The Kier molecular flexibility index (Phi) is 5.13. The van der Waals surface area contributed by atoms with Crippen molar-refractivity contribution in [1.29, 1.82) is 0 Å². The second-order valence-electron chi connectivity index (χ2n) is 5.42. The molecular weight excluding hydrogens is 302 g/mol. The van der Waals surface area contributed by atoms with E-state index in [1.165, 1.54) is 0 Å². The monoisotopic (exact) mass is 323 g/mol. The van der Waals surface area contributed by atoms with Crippen molar-refractivity contribution in [3.05, 3.63) is 72.1 Å². The van der Waals surface area contributed by atoms with Crippen molar-refractivity contribution in [2.45, 2.75) is 13.1 Å². The molecule has 3 rings (SSSR count). The van der Waals surface area contributed by atoms with E-state index in [1.54, 1.807) is 14.2 Å². The lowest BCUT2D eigenvalue weighted by Gasteiger charge is -2.10. The summed E-state index contributed by atoms with van der Waals surface area (Å²) in [5.41, 5.74) is 3.34. The first-order valence-corrected chi connectivity index (χ1v) is 7.81. The molecule has 1 aromatic heterocycles. The summed E-state index contributed by atoms with van der Waals surface area (Å²) in [6.45, 7) is 1.50. The Morgan fingerprint density at radius 1 is 0.917 bits per heavy atom. The number of ether oxygens (including phenoxy) is 2. The molecule has 0 atom stereocenters. The van der Waals surface area contributed by atoms with E-state index in [4.69, 9.17) is 9.47 Å². The van der Waals surface area contributed by atoms with Crippen LogP contribution in [0.3, 0.4) is 0 Å². The Morgan fingerprint density at radius 3 is 2.42 bits per heavy atom. The Morgan fingerprint density at radius 2 is 1.67 bits per heavy atom. The van der Waals surface area contributed by atoms with Gasteiger partial charge in [-0.1, -0.05) is 24.3 Å². The minimum absolute atomic E-state index is 0.741. The standard InChI is InChI=1S/C19H21N3O2/c1-23-18-9-8-15(10-19(18)24-2)11-20-12-16-13-21-22(14-16)17-6-4-3-5-7-17/h3-10,13-14,20H,11-12H2,1-2H3. The minimum Gasteiger partial charge on any atom is -0.493 e. The Balaban J connectivity index is 1.58. The minimum atomic E-state index is 0.741. The second kappa shape index (κ2) is 7.66. The van der Waals surface area contributed by atoms with Gasteiger partial charge in [0, 0.05) is 24.8 Å². The normalized spacial score (nSPS) is 10.6. The van der Waals surface area contributed by atoms with Crippen LogP contribution in [-0.4, -0.2) is 24.0 Å². The maximum Gasteiger partial charge on any atom is 0.161 e. The first kappa shape index (κ1) is 16.1. The zero-order valence-electron chi connectivity index (χ0n) is 13.9. The Hall–Kier alpha value is -2.79. The van der Waals surface area contributed by atoms with Gasteiger partial charge in [0.05, 0.1) is 26.1 Å². The van der Waals surface area contributed by atoms with Crippen molar-refractivity contribution in [1.82, 2.24) is 15.1 Å². The lowest BCUT2D eigenvalue weighted by molar-refractivity contribution is 0.354. The van der Waals surface area contributed by atoms with E-state index < -0.39 is 0 Å². The van der Waals surface area contributed by atoms with Crippen LogP contribution < -0.4 is 14.8 Å². The number of hydrogen-bond acceptors (Lipinski definition) is 4. The molecule has 0 fully saturated rings. The van der Waals surface area contributed by atoms with Crippen LogP contribution in [0, 0.1) is 0 Å². The summed E-state index contributed by atoms with van der Waals surface area (Å²) in [4.78, 5) is 0. The summed E-state index contributed by atoms with van der Waals surface area (Å²) in [6, 6.07) is 16.0. The number of hydrogen-bond donors (Lipinski definition) is 1. The molecule has 1 heterocycles. The smallest absolute Gasteiger partial charge is 0.161 e. The summed E-state index contributed by atoms with van der Waals surface area (Å²) in [7, 11) is 3.28. The van der Waals surface area contributed by atoms with Crippen molar-refractivity contribution < 1.29 is 9.47 Å². The van der Waals surface area contributed by atoms with Gasteiger partial charge in [-0.25, -0.2) is 4.68 Å². The van der Waals surface area contributed by atoms with Crippen molar-refractivity contribution in [3.63, 3.8) is 0 Å². The fourth-order valence-electron chi connectivity index (χ4n) is 2.52. The first-order chi connectivity index (χ1) is 11.8. The molecular formula is C19H21N3O2. The maximum absolute atomic E-state index is 5.33. The van der Waals surface area contributed by atoms with Gasteiger partial charge in [0.2, 0.25) is 0 Å². The van der Waals surface area contributed by atoms with Crippen LogP contribution in [0.25, 0.3) is 5.69 Å². The molecule has 0 bridgehead atoms. The largest absolute Gasteiger partial charge is 0.493 e. The van der Waals surface area contributed by atoms with Gasteiger partial charge in [-0.05, 0) is 29.8 Å². The summed E-state index contributed by atoms with van der Waals surface area (Å²) < 4.78 is 12.5. The molecule has 0 aliphatic heterocycles. The van der Waals surface area contributed by atoms with Crippen LogP contribution in [0.5, 0.6) is 11.5 Å². The molecule has 0 amide bonds. The lowest BCUT2D eigenvalue weighted by atomic mass is 10.2. The molecule has 0 aliphatic rings.